The zero-order chi connectivity index (χ0) is 17.4. The van der Waals surface area contributed by atoms with Gasteiger partial charge in [-0.1, -0.05) is 0 Å². The molecule has 0 radical (unpaired) electrons. The zero-order valence-electron chi connectivity index (χ0n) is 14.2. The Bertz CT molecular complexity index is 720. The van der Waals surface area contributed by atoms with Crippen LogP contribution >= 0.6 is 0 Å². The minimum atomic E-state index is -2.99. The average molecular weight is 367 g/mol. The minimum Gasteiger partial charge on any atom is -0.396 e. The topological polar surface area (TPSA) is 98.7 Å². The van der Waals surface area contributed by atoms with E-state index in [1.165, 1.54) is 0 Å². The molecule has 0 spiro atoms. The van der Waals surface area contributed by atoms with Crippen molar-refractivity contribution >= 4 is 21.6 Å². The maximum atomic E-state index is 12.0. The molecule has 0 saturated carbocycles. The molecule has 1 aromatic heterocycles. The Kier molecular flexibility index (Phi) is 4.55. The van der Waals surface area contributed by atoms with Crippen molar-refractivity contribution in [1.82, 2.24) is 15.3 Å². The molecule has 2 N–H and O–H groups in total. The second kappa shape index (κ2) is 6.69. The molecular formula is C16H25N5O3S. The van der Waals surface area contributed by atoms with Crippen LogP contribution in [0.15, 0.2) is 12.3 Å². The Labute approximate surface area is 148 Å². The Hall–Kier alpha value is -1.45. The second-order valence-electron chi connectivity index (χ2n) is 7.23. The molecule has 1 aromatic rings. The summed E-state index contributed by atoms with van der Waals surface area (Å²) >= 11 is 0. The van der Waals surface area contributed by atoms with Gasteiger partial charge < -0.3 is 20.2 Å². The van der Waals surface area contributed by atoms with Crippen molar-refractivity contribution in [1.29, 1.82) is 0 Å². The van der Waals surface area contributed by atoms with Crippen LogP contribution in [0.2, 0.25) is 0 Å². The predicted octanol–water partition coefficient (Wildman–Crippen LogP) is -0.739. The van der Waals surface area contributed by atoms with Crippen molar-refractivity contribution in [2.75, 3.05) is 54.1 Å². The Morgan fingerprint density at radius 2 is 2.04 bits per heavy atom. The van der Waals surface area contributed by atoms with E-state index in [2.05, 4.69) is 20.1 Å². The van der Waals surface area contributed by atoms with Gasteiger partial charge in [0.2, 0.25) is 5.95 Å². The van der Waals surface area contributed by atoms with Crippen LogP contribution in [0.5, 0.6) is 0 Å². The van der Waals surface area contributed by atoms with Gasteiger partial charge in [0, 0.05) is 45.0 Å². The summed E-state index contributed by atoms with van der Waals surface area (Å²) in [6.45, 7) is 3.44. The number of piperazine rings is 1. The summed E-state index contributed by atoms with van der Waals surface area (Å²) in [5, 5.41) is 12.6. The highest BCUT2D eigenvalue weighted by Crippen LogP contribution is 2.27. The van der Waals surface area contributed by atoms with Crippen LogP contribution in [-0.4, -0.2) is 79.9 Å². The maximum absolute atomic E-state index is 12.0. The van der Waals surface area contributed by atoms with Crippen LogP contribution in [0.1, 0.15) is 12.8 Å². The first-order valence-corrected chi connectivity index (χ1v) is 10.8. The van der Waals surface area contributed by atoms with Gasteiger partial charge >= 0.3 is 0 Å². The lowest BCUT2D eigenvalue weighted by Gasteiger charge is -2.38. The fourth-order valence-corrected chi connectivity index (χ4v) is 6.07. The van der Waals surface area contributed by atoms with Gasteiger partial charge in [-0.3, -0.25) is 0 Å². The number of hydrogen-bond donors (Lipinski definition) is 2. The zero-order valence-corrected chi connectivity index (χ0v) is 15.0. The normalized spacial score (nSPS) is 29.6. The quantitative estimate of drug-likeness (QED) is 0.721. The van der Waals surface area contributed by atoms with E-state index in [0.29, 0.717) is 11.9 Å². The minimum absolute atomic E-state index is 0.0162. The van der Waals surface area contributed by atoms with E-state index in [0.717, 1.165) is 44.8 Å². The number of piperidine rings is 1. The number of fused-ring (bicyclic) bond motifs is 1. The van der Waals surface area contributed by atoms with E-state index in [1.54, 1.807) is 6.20 Å². The molecule has 0 unspecified atom stereocenters. The largest absolute Gasteiger partial charge is 0.396 e. The SMILES string of the molecule is O=S1(=O)C[C@H]2NCCN(c3ccnc(N4CCC(CO)CC4)n3)[C@H]2C1. The third-order valence-electron chi connectivity index (χ3n) is 5.56. The average Bonchev–Trinajstić information content (AvgIpc) is 2.95. The maximum Gasteiger partial charge on any atom is 0.227 e. The third-order valence-corrected chi connectivity index (χ3v) is 7.28. The molecule has 3 aliphatic rings. The fraction of sp³-hybridized carbons (Fsp3) is 0.750. The van der Waals surface area contributed by atoms with Crippen molar-refractivity contribution in [3.05, 3.63) is 12.3 Å². The number of nitrogens with zero attached hydrogens (tertiary/aromatic N) is 4. The molecule has 4 heterocycles. The molecular weight excluding hydrogens is 342 g/mol. The summed E-state index contributed by atoms with van der Waals surface area (Å²) in [6.07, 6.45) is 3.65. The summed E-state index contributed by atoms with van der Waals surface area (Å²) in [7, 11) is -2.99. The Balaban J connectivity index is 1.53. The summed E-state index contributed by atoms with van der Waals surface area (Å²) in [6, 6.07) is 1.80. The summed E-state index contributed by atoms with van der Waals surface area (Å²) < 4.78 is 24.0. The highest BCUT2D eigenvalue weighted by Gasteiger charge is 2.43. The van der Waals surface area contributed by atoms with E-state index in [4.69, 9.17) is 4.98 Å². The van der Waals surface area contributed by atoms with Gasteiger partial charge in [-0.05, 0) is 24.8 Å². The molecule has 9 heteroatoms. The van der Waals surface area contributed by atoms with Crippen LogP contribution in [0.25, 0.3) is 0 Å². The lowest BCUT2D eigenvalue weighted by atomic mass is 9.98. The van der Waals surface area contributed by atoms with E-state index in [1.807, 2.05) is 6.07 Å². The van der Waals surface area contributed by atoms with E-state index in [9.17, 15) is 13.5 Å². The van der Waals surface area contributed by atoms with Gasteiger partial charge in [0.05, 0.1) is 17.5 Å². The fourth-order valence-electron chi connectivity index (χ4n) is 4.12. The molecule has 25 heavy (non-hydrogen) atoms. The van der Waals surface area contributed by atoms with Gasteiger partial charge in [-0.15, -0.1) is 0 Å². The molecule has 0 amide bonds. The number of aliphatic hydroxyl groups is 1. The first-order chi connectivity index (χ1) is 12.1. The van der Waals surface area contributed by atoms with E-state index in [-0.39, 0.29) is 30.2 Å². The summed E-state index contributed by atoms with van der Waals surface area (Å²) in [4.78, 5) is 13.4. The predicted molar refractivity (Wildman–Crippen MR) is 95.6 cm³/mol. The molecule has 3 fully saturated rings. The molecule has 2 atom stereocenters. The van der Waals surface area contributed by atoms with Crippen LogP contribution in [0.3, 0.4) is 0 Å². The van der Waals surface area contributed by atoms with Crippen LogP contribution in [0.4, 0.5) is 11.8 Å². The van der Waals surface area contributed by atoms with E-state index < -0.39 is 9.84 Å². The number of anilines is 2. The molecule has 3 aliphatic heterocycles. The molecule has 0 aromatic carbocycles. The van der Waals surface area contributed by atoms with Crippen LogP contribution < -0.4 is 15.1 Å². The lowest BCUT2D eigenvalue weighted by molar-refractivity contribution is 0.202. The van der Waals surface area contributed by atoms with Crippen molar-refractivity contribution in [3.63, 3.8) is 0 Å². The first-order valence-electron chi connectivity index (χ1n) is 8.95. The summed E-state index contributed by atoms with van der Waals surface area (Å²) in [5.41, 5.74) is 0. The van der Waals surface area contributed by atoms with Gasteiger partial charge in [0.1, 0.15) is 5.82 Å². The van der Waals surface area contributed by atoms with Gasteiger partial charge in [0.25, 0.3) is 0 Å². The smallest absolute Gasteiger partial charge is 0.227 e. The van der Waals surface area contributed by atoms with Crippen molar-refractivity contribution < 1.29 is 13.5 Å². The second-order valence-corrected chi connectivity index (χ2v) is 9.38. The molecule has 0 aliphatic carbocycles. The monoisotopic (exact) mass is 367 g/mol. The Morgan fingerprint density at radius 1 is 1.24 bits per heavy atom. The number of rotatable bonds is 3. The highest BCUT2D eigenvalue weighted by molar-refractivity contribution is 7.91. The number of aliphatic hydroxyl groups excluding tert-OH is 1. The van der Waals surface area contributed by atoms with E-state index >= 15 is 0 Å². The molecule has 4 rings (SSSR count). The lowest BCUT2D eigenvalue weighted by Crippen LogP contribution is -2.57. The first kappa shape index (κ1) is 17.0. The third kappa shape index (κ3) is 3.45. The van der Waals surface area contributed by atoms with Crippen molar-refractivity contribution in [3.8, 4) is 0 Å². The Morgan fingerprint density at radius 3 is 2.80 bits per heavy atom. The van der Waals surface area contributed by atoms with Crippen LogP contribution in [0, 0.1) is 5.92 Å². The summed E-state index contributed by atoms with van der Waals surface area (Å²) in [5.74, 6) is 2.27. The number of hydrogen-bond acceptors (Lipinski definition) is 8. The molecule has 3 saturated heterocycles. The van der Waals surface area contributed by atoms with Crippen LogP contribution in [-0.2, 0) is 9.84 Å². The van der Waals surface area contributed by atoms with Crippen molar-refractivity contribution in [2.24, 2.45) is 5.92 Å². The van der Waals surface area contributed by atoms with Gasteiger partial charge in [0.15, 0.2) is 9.84 Å². The highest BCUT2D eigenvalue weighted by atomic mass is 32.2. The number of aromatic nitrogens is 2. The standard InChI is InChI=1S/C16H25N5O3S/c22-9-12-2-6-20(7-3-12)16-18-4-1-15(19-16)21-8-5-17-13-10-25(23,24)11-14(13)21/h1,4,12-14,17,22H,2-3,5-11H2/t13-,14+/m1/s1. The molecule has 8 nitrogen and oxygen atoms in total. The molecule has 0 bridgehead atoms. The van der Waals surface area contributed by atoms with Gasteiger partial charge in [-0.2, -0.15) is 4.98 Å². The number of sulfone groups is 1. The number of nitrogens with one attached hydrogen (secondary N) is 1. The molecule has 138 valence electrons. The van der Waals surface area contributed by atoms with Gasteiger partial charge in [-0.25, -0.2) is 13.4 Å². The van der Waals surface area contributed by atoms with Crippen molar-refractivity contribution in [2.45, 2.75) is 24.9 Å².